The normalized spacial score (nSPS) is 19.7. The second-order valence-electron chi connectivity index (χ2n) is 0.713. The predicted octanol–water partition coefficient (Wildman–Crippen LogP) is 0.0423. The Hall–Kier alpha value is -0.770. The van der Waals surface area contributed by atoms with Gasteiger partial charge in [0, 0.05) is 0 Å². The molecule has 0 aromatic rings. The Morgan fingerprint density at radius 1 is 1.67 bits per heavy atom. The summed E-state index contributed by atoms with van der Waals surface area (Å²) >= 11 is 0. The van der Waals surface area contributed by atoms with Gasteiger partial charge in [-0.3, -0.25) is 4.89 Å². The lowest BCUT2D eigenvalue weighted by atomic mass is 11.3. The topological polar surface area (TPSA) is 44.8 Å². The highest BCUT2D eigenvalue weighted by atomic mass is 17.3. The van der Waals surface area contributed by atoms with Gasteiger partial charge >= 0.3 is 6.16 Å². The molecule has 0 amide bonds. The fourth-order valence-electron chi connectivity index (χ4n) is 0.168. The zero-order valence-electron chi connectivity index (χ0n) is 2.84. The molecule has 1 aliphatic heterocycles. The summed E-state index contributed by atoms with van der Waals surface area (Å²) in [5, 5.41) is 0. The summed E-state index contributed by atoms with van der Waals surface area (Å²) in [4.78, 5) is 17.5. The molecule has 0 aliphatic carbocycles. The molecule has 1 aliphatic rings. The van der Waals surface area contributed by atoms with Crippen LogP contribution in [0.1, 0.15) is 0 Å². The molecule has 0 aromatic heterocycles. The van der Waals surface area contributed by atoms with Crippen LogP contribution in [0.15, 0.2) is 0 Å². The van der Waals surface area contributed by atoms with Crippen LogP contribution in [-0.2, 0) is 14.5 Å². The SMILES string of the molecule is O=C1OCOO1. The molecule has 0 spiro atoms. The minimum atomic E-state index is -0.769. The molecule has 34 valence electrons. The fraction of sp³-hybridized carbons (Fsp3) is 0.500. The molecule has 0 bridgehead atoms. The summed E-state index contributed by atoms with van der Waals surface area (Å²) in [7, 11) is 0. The van der Waals surface area contributed by atoms with Gasteiger partial charge in [0.25, 0.3) is 0 Å². The first-order chi connectivity index (χ1) is 2.89. The first-order valence-electron chi connectivity index (χ1n) is 1.36. The summed E-state index contributed by atoms with van der Waals surface area (Å²) in [5.41, 5.74) is 0. The van der Waals surface area contributed by atoms with Gasteiger partial charge in [-0.05, 0) is 0 Å². The van der Waals surface area contributed by atoms with Crippen LogP contribution in [0.4, 0.5) is 4.79 Å². The fourth-order valence-corrected chi connectivity index (χ4v) is 0.168. The van der Waals surface area contributed by atoms with Crippen molar-refractivity contribution in [2.24, 2.45) is 0 Å². The third kappa shape index (κ3) is 0.414. The van der Waals surface area contributed by atoms with Gasteiger partial charge in [0.05, 0.1) is 0 Å². The van der Waals surface area contributed by atoms with Gasteiger partial charge in [0.1, 0.15) is 0 Å². The molecule has 0 N–H and O–H groups in total. The van der Waals surface area contributed by atoms with Crippen LogP contribution >= 0.6 is 0 Å². The standard InChI is InChI=1S/C2H2O4/c3-2-4-1-5-6-2/h1H2. The molecule has 4 nitrogen and oxygen atoms in total. The molecule has 6 heavy (non-hydrogen) atoms. The van der Waals surface area contributed by atoms with Crippen molar-refractivity contribution in [3.05, 3.63) is 0 Å². The Morgan fingerprint density at radius 3 is 2.67 bits per heavy atom. The van der Waals surface area contributed by atoms with E-state index in [1.54, 1.807) is 0 Å². The van der Waals surface area contributed by atoms with E-state index in [1.807, 2.05) is 0 Å². The largest absolute Gasteiger partial charge is 0.542 e. The summed E-state index contributed by atoms with van der Waals surface area (Å²) in [6, 6.07) is 0. The van der Waals surface area contributed by atoms with Crippen LogP contribution in [0, 0.1) is 0 Å². The van der Waals surface area contributed by atoms with Crippen LogP contribution in [0.5, 0.6) is 0 Å². The van der Waals surface area contributed by atoms with Gasteiger partial charge in [0.2, 0.25) is 6.79 Å². The number of carbonyl (C=O) groups excluding carboxylic acids is 1. The number of ether oxygens (including phenoxy) is 1. The Morgan fingerprint density at radius 2 is 2.50 bits per heavy atom. The second-order valence-corrected chi connectivity index (χ2v) is 0.713. The molecule has 0 saturated carbocycles. The Kier molecular flexibility index (Phi) is 0.648. The first-order valence-corrected chi connectivity index (χ1v) is 1.36. The molecule has 1 rings (SSSR count). The predicted molar refractivity (Wildman–Crippen MR) is 13.5 cm³/mol. The molecular formula is C2H2O4. The van der Waals surface area contributed by atoms with E-state index < -0.39 is 6.16 Å². The van der Waals surface area contributed by atoms with Gasteiger partial charge in [-0.2, -0.15) is 0 Å². The average Bonchev–Trinajstić information content (AvgIpc) is 1.86. The van der Waals surface area contributed by atoms with Crippen LogP contribution in [0.3, 0.4) is 0 Å². The minimum Gasteiger partial charge on any atom is -0.401 e. The number of hydrogen-bond acceptors (Lipinski definition) is 4. The van der Waals surface area contributed by atoms with E-state index in [2.05, 4.69) is 14.5 Å². The highest BCUT2D eigenvalue weighted by Crippen LogP contribution is 1.94. The molecule has 4 heteroatoms. The molecule has 1 heterocycles. The van der Waals surface area contributed by atoms with Gasteiger partial charge in [-0.15, -0.1) is 4.89 Å². The third-order valence-electron chi connectivity index (χ3n) is 0.352. The van der Waals surface area contributed by atoms with E-state index in [-0.39, 0.29) is 6.79 Å². The van der Waals surface area contributed by atoms with Gasteiger partial charge in [-0.1, -0.05) is 0 Å². The molecule has 1 saturated heterocycles. The summed E-state index contributed by atoms with van der Waals surface area (Å²) < 4.78 is 4.07. The monoisotopic (exact) mass is 90.0 g/mol. The number of cyclic esters (lactones) is 1. The van der Waals surface area contributed by atoms with E-state index in [0.717, 1.165) is 0 Å². The van der Waals surface area contributed by atoms with E-state index in [0.29, 0.717) is 0 Å². The zero-order chi connectivity index (χ0) is 4.41. The van der Waals surface area contributed by atoms with Gasteiger partial charge in [0.15, 0.2) is 0 Å². The number of carbonyl (C=O) groups is 1. The van der Waals surface area contributed by atoms with Crippen LogP contribution < -0.4 is 0 Å². The maximum atomic E-state index is 9.67. The van der Waals surface area contributed by atoms with Crippen LogP contribution in [0.25, 0.3) is 0 Å². The zero-order valence-corrected chi connectivity index (χ0v) is 2.84. The Balaban J connectivity index is 2.37. The first kappa shape index (κ1) is 3.42. The maximum Gasteiger partial charge on any atom is 0.542 e. The van der Waals surface area contributed by atoms with Crippen molar-refractivity contribution in [3.63, 3.8) is 0 Å². The molecule has 0 unspecified atom stereocenters. The summed E-state index contributed by atoms with van der Waals surface area (Å²) in [6.07, 6.45) is -0.769. The van der Waals surface area contributed by atoms with E-state index >= 15 is 0 Å². The number of hydrogen-bond donors (Lipinski definition) is 0. The van der Waals surface area contributed by atoms with Crippen molar-refractivity contribution >= 4 is 6.16 Å². The van der Waals surface area contributed by atoms with Crippen LogP contribution in [0.2, 0.25) is 0 Å². The van der Waals surface area contributed by atoms with Crippen molar-refractivity contribution in [1.29, 1.82) is 0 Å². The Bertz CT molecular complexity index is 59.9. The minimum absolute atomic E-state index is 0.0845. The summed E-state index contributed by atoms with van der Waals surface area (Å²) in [6.45, 7) is -0.0845. The van der Waals surface area contributed by atoms with Crippen molar-refractivity contribution in [1.82, 2.24) is 0 Å². The lowest BCUT2D eigenvalue weighted by Gasteiger charge is -1.73. The highest BCUT2D eigenvalue weighted by molar-refractivity contribution is 5.59. The molecule has 0 radical (unpaired) electrons. The van der Waals surface area contributed by atoms with E-state index in [4.69, 9.17) is 0 Å². The van der Waals surface area contributed by atoms with Crippen molar-refractivity contribution in [2.45, 2.75) is 0 Å². The van der Waals surface area contributed by atoms with Gasteiger partial charge < -0.3 is 4.74 Å². The average molecular weight is 90.0 g/mol. The molecule has 0 aromatic carbocycles. The van der Waals surface area contributed by atoms with E-state index in [1.165, 1.54) is 0 Å². The van der Waals surface area contributed by atoms with Gasteiger partial charge in [-0.25, -0.2) is 4.79 Å². The maximum absolute atomic E-state index is 9.67. The quantitative estimate of drug-likeness (QED) is 0.311. The van der Waals surface area contributed by atoms with Crippen molar-refractivity contribution in [2.75, 3.05) is 6.79 Å². The molecule has 0 atom stereocenters. The highest BCUT2D eigenvalue weighted by Gasteiger charge is 2.11. The van der Waals surface area contributed by atoms with Crippen LogP contribution in [-0.4, -0.2) is 12.9 Å². The lowest BCUT2D eigenvalue weighted by Crippen LogP contribution is -1.88. The smallest absolute Gasteiger partial charge is 0.401 e. The third-order valence-corrected chi connectivity index (χ3v) is 0.352. The lowest BCUT2D eigenvalue weighted by molar-refractivity contribution is -0.211. The number of rotatable bonds is 0. The van der Waals surface area contributed by atoms with E-state index in [9.17, 15) is 4.79 Å². The molecule has 1 fully saturated rings. The van der Waals surface area contributed by atoms with Crippen molar-refractivity contribution < 1.29 is 19.3 Å². The molecular weight excluding hydrogens is 88.0 g/mol. The summed E-state index contributed by atoms with van der Waals surface area (Å²) in [5.74, 6) is 0. The second kappa shape index (κ2) is 1.14. The Labute approximate surface area is 33.5 Å². The van der Waals surface area contributed by atoms with Crippen molar-refractivity contribution in [3.8, 4) is 0 Å².